The van der Waals surface area contributed by atoms with Crippen LogP contribution < -0.4 is 14.8 Å². The van der Waals surface area contributed by atoms with Crippen molar-refractivity contribution in [2.75, 3.05) is 19.0 Å². The van der Waals surface area contributed by atoms with Gasteiger partial charge < -0.3 is 14.8 Å². The highest BCUT2D eigenvalue weighted by Gasteiger charge is 2.16. The minimum absolute atomic E-state index is 0.203. The molecule has 0 spiro atoms. The highest BCUT2D eigenvalue weighted by Crippen LogP contribution is 2.29. The lowest BCUT2D eigenvalue weighted by atomic mass is 10.1. The minimum Gasteiger partial charge on any atom is -0.495 e. The van der Waals surface area contributed by atoms with Gasteiger partial charge in [0.15, 0.2) is 0 Å². The van der Waals surface area contributed by atoms with Gasteiger partial charge in [0, 0.05) is 17.0 Å². The smallest absolute Gasteiger partial charge is 0.255 e. The molecule has 0 aromatic heterocycles. The molecule has 1 amide bonds. The number of carbonyl (C=O) groups is 1. The number of anilines is 1. The number of methoxy groups -OCH3 is 1. The summed E-state index contributed by atoms with van der Waals surface area (Å²) in [5.41, 5.74) is 2.19. The molecule has 4 nitrogen and oxygen atoms in total. The molecule has 1 heterocycles. The first-order valence-corrected chi connectivity index (χ1v) is 6.96. The molecule has 1 aliphatic heterocycles. The zero-order chi connectivity index (χ0) is 14.8. The van der Waals surface area contributed by atoms with Gasteiger partial charge in [-0.05, 0) is 42.0 Å². The fourth-order valence-electron chi connectivity index (χ4n) is 2.30. The Morgan fingerprint density at radius 3 is 2.95 bits per heavy atom. The van der Waals surface area contributed by atoms with E-state index in [0.717, 1.165) is 17.7 Å². The number of hydrogen-bond donors (Lipinski definition) is 1. The Labute approximate surface area is 127 Å². The van der Waals surface area contributed by atoms with Gasteiger partial charge in [0.05, 0.1) is 19.4 Å². The Hall–Kier alpha value is -2.20. The van der Waals surface area contributed by atoms with Crippen LogP contribution in [0.15, 0.2) is 36.4 Å². The Kier molecular flexibility index (Phi) is 3.71. The third kappa shape index (κ3) is 2.81. The molecule has 108 valence electrons. The molecule has 2 aromatic carbocycles. The highest BCUT2D eigenvalue weighted by molar-refractivity contribution is 6.31. The van der Waals surface area contributed by atoms with Crippen molar-refractivity contribution >= 4 is 23.2 Å². The lowest BCUT2D eigenvalue weighted by Crippen LogP contribution is -2.12. The van der Waals surface area contributed by atoms with Gasteiger partial charge in [-0.25, -0.2) is 0 Å². The van der Waals surface area contributed by atoms with Crippen LogP contribution in [-0.4, -0.2) is 19.6 Å². The predicted octanol–water partition coefficient (Wildman–Crippen LogP) is 3.54. The Bertz CT molecular complexity index is 700. The van der Waals surface area contributed by atoms with Crippen LogP contribution >= 0.6 is 11.6 Å². The molecule has 1 N–H and O–H groups in total. The summed E-state index contributed by atoms with van der Waals surface area (Å²) in [7, 11) is 1.55. The van der Waals surface area contributed by atoms with Crippen molar-refractivity contribution in [3.05, 3.63) is 52.5 Å². The lowest BCUT2D eigenvalue weighted by molar-refractivity contribution is 0.102. The van der Waals surface area contributed by atoms with E-state index in [4.69, 9.17) is 21.1 Å². The molecule has 0 saturated carbocycles. The number of halogens is 1. The molecule has 0 radical (unpaired) electrons. The van der Waals surface area contributed by atoms with Crippen molar-refractivity contribution < 1.29 is 14.3 Å². The summed E-state index contributed by atoms with van der Waals surface area (Å²) in [4.78, 5) is 12.3. The molecule has 0 bridgehead atoms. The molecule has 0 aliphatic carbocycles. The zero-order valence-corrected chi connectivity index (χ0v) is 12.2. The van der Waals surface area contributed by atoms with Gasteiger partial charge in [-0.1, -0.05) is 11.6 Å². The van der Waals surface area contributed by atoms with Crippen molar-refractivity contribution in [3.63, 3.8) is 0 Å². The van der Waals surface area contributed by atoms with Crippen LogP contribution in [0.4, 0.5) is 5.69 Å². The summed E-state index contributed by atoms with van der Waals surface area (Å²) in [6.07, 6.45) is 0.830. The average Bonchev–Trinajstić information content (AvgIpc) is 2.94. The topological polar surface area (TPSA) is 47.6 Å². The normalized spacial score (nSPS) is 12.5. The molecule has 0 saturated heterocycles. The summed E-state index contributed by atoms with van der Waals surface area (Å²) in [5, 5.41) is 3.36. The number of amides is 1. The van der Waals surface area contributed by atoms with E-state index in [0.29, 0.717) is 28.6 Å². The Morgan fingerprint density at radius 1 is 1.29 bits per heavy atom. The van der Waals surface area contributed by atoms with Crippen molar-refractivity contribution in [2.24, 2.45) is 0 Å². The number of hydrogen-bond acceptors (Lipinski definition) is 3. The van der Waals surface area contributed by atoms with Gasteiger partial charge in [0.2, 0.25) is 0 Å². The first-order chi connectivity index (χ1) is 10.2. The fourth-order valence-corrected chi connectivity index (χ4v) is 2.47. The molecule has 2 aromatic rings. The summed E-state index contributed by atoms with van der Waals surface area (Å²) in [6, 6.07) is 10.5. The monoisotopic (exact) mass is 303 g/mol. The summed E-state index contributed by atoms with van der Waals surface area (Å²) >= 11 is 5.96. The standard InChI is InChI=1S/C16H14ClNO3/c1-20-15-5-3-12(17)9-13(15)18-16(19)11-2-4-14-10(8-11)6-7-21-14/h2-5,8-9H,6-7H2,1H3,(H,18,19). The number of carbonyl (C=O) groups excluding carboxylic acids is 1. The van der Waals surface area contributed by atoms with Crippen LogP contribution in [0.5, 0.6) is 11.5 Å². The molecule has 0 fully saturated rings. The molecule has 3 rings (SSSR count). The van der Waals surface area contributed by atoms with Crippen molar-refractivity contribution in [1.29, 1.82) is 0 Å². The maximum atomic E-state index is 12.3. The molecule has 5 heteroatoms. The van der Waals surface area contributed by atoms with Crippen LogP contribution in [0.25, 0.3) is 0 Å². The SMILES string of the molecule is COc1ccc(Cl)cc1NC(=O)c1ccc2c(c1)CCO2. The van der Waals surface area contributed by atoms with E-state index in [1.165, 1.54) is 0 Å². The molecule has 21 heavy (non-hydrogen) atoms. The number of rotatable bonds is 3. The molecular formula is C16H14ClNO3. The summed E-state index contributed by atoms with van der Waals surface area (Å²) in [6.45, 7) is 0.669. The van der Waals surface area contributed by atoms with Crippen molar-refractivity contribution in [3.8, 4) is 11.5 Å². The van der Waals surface area contributed by atoms with E-state index < -0.39 is 0 Å². The van der Waals surface area contributed by atoms with Gasteiger partial charge >= 0.3 is 0 Å². The second kappa shape index (κ2) is 5.66. The summed E-state index contributed by atoms with van der Waals surface area (Å²) in [5.74, 6) is 1.22. The number of nitrogens with one attached hydrogen (secondary N) is 1. The van der Waals surface area contributed by atoms with Crippen LogP contribution in [0.3, 0.4) is 0 Å². The van der Waals surface area contributed by atoms with E-state index in [1.807, 2.05) is 12.1 Å². The second-order valence-electron chi connectivity index (χ2n) is 4.72. The van der Waals surface area contributed by atoms with Crippen molar-refractivity contribution in [2.45, 2.75) is 6.42 Å². The molecular weight excluding hydrogens is 290 g/mol. The molecule has 1 aliphatic rings. The Morgan fingerprint density at radius 2 is 2.14 bits per heavy atom. The first-order valence-electron chi connectivity index (χ1n) is 6.58. The third-order valence-corrected chi connectivity index (χ3v) is 3.60. The number of fused-ring (bicyclic) bond motifs is 1. The first kappa shape index (κ1) is 13.8. The fraction of sp³-hybridized carbons (Fsp3) is 0.188. The van der Waals surface area contributed by atoms with Crippen LogP contribution in [0.2, 0.25) is 5.02 Å². The highest BCUT2D eigenvalue weighted by atomic mass is 35.5. The van der Waals surface area contributed by atoms with Gasteiger partial charge in [-0.2, -0.15) is 0 Å². The van der Waals surface area contributed by atoms with Crippen LogP contribution in [0, 0.1) is 0 Å². The molecule has 0 unspecified atom stereocenters. The van der Waals surface area contributed by atoms with E-state index in [2.05, 4.69) is 5.32 Å². The maximum absolute atomic E-state index is 12.3. The number of ether oxygens (including phenoxy) is 2. The summed E-state index contributed by atoms with van der Waals surface area (Å²) < 4.78 is 10.7. The second-order valence-corrected chi connectivity index (χ2v) is 5.16. The van der Waals surface area contributed by atoms with Gasteiger partial charge in [0.25, 0.3) is 5.91 Å². The average molecular weight is 304 g/mol. The molecule has 0 atom stereocenters. The van der Waals surface area contributed by atoms with E-state index in [1.54, 1.807) is 31.4 Å². The number of benzene rings is 2. The van der Waals surface area contributed by atoms with Crippen LogP contribution in [0.1, 0.15) is 15.9 Å². The minimum atomic E-state index is -0.203. The third-order valence-electron chi connectivity index (χ3n) is 3.36. The van der Waals surface area contributed by atoms with Gasteiger partial charge in [-0.3, -0.25) is 4.79 Å². The quantitative estimate of drug-likeness (QED) is 0.943. The largest absolute Gasteiger partial charge is 0.495 e. The van der Waals surface area contributed by atoms with Gasteiger partial charge in [-0.15, -0.1) is 0 Å². The van der Waals surface area contributed by atoms with Gasteiger partial charge in [0.1, 0.15) is 11.5 Å². The Balaban J connectivity index is 1.85. The van der Waals surface area contributed by atoms with Crippen molar-refractivity contribution in [1.82, 2.24) is 0 Å². The lowest BCUT2D eigenvalue weighted by Gasteiger charge is -2.11. The van der Waals surface area contributed by atoms with E-state index in [9.17, 15) is 4.79 Å². The van der Waals surface area contributed by atoms with E-state index in [-0.39, 0.29) is 5.91 Å². The predicted molar refractivity (Wildman–Crippen MR) is 81.6 cm³/mol. The van der Waals surface area contributed by atoms with Crippen LogP contribution in [-0.2, 0) is 6.42 Å². The maximum Gasteiger partial charge on any atom is 0.255 e. The van der Waals surface area contributed by atoms with E-state index >= 15 is 0 Å². The zero-order valence-electron chi connectivity index (χ0n) is 11.5.